The van der Waals surface area contributed by atoms with Gasteiger partial charge in [0, 0.05) is 13.2 Å². The second-order valence-electron chi connectivity index (χ2n) is 12.7. The fourth-order valence-corrected chi connectivity index (χ4v) is 28.4. The number of hydrogen-bond donors (Lipinski definition) is 0. The van der Waals surface area contributed by atoms with Crippen molar-refractivity contribution in [3.63, 3.8) is 0 Å². The third kappa shape index (κ3) is 13.4. The Morgan fingerprint density at radius 3 is 0.897 bits per heavy atom. The fourth-order valence-electron chi connectivity index (χ4n) is 5.98. The first-order valence-electron chi connectivity index (χ1n) is 17.1. The highest BCUT2D eigenvalue weighted by Gasteiger charge is 2.54. The average molecular weight is 637 g/mol. The van der Waals surface area contributed by atoms with Crippen LogP contribution in [0.15, 0.2) is 0 Å². The minimum absolute atomic E-state index is 1.04. The number of hydrogen-bond acceptors (Lipinski definition) is 4. The van der Waals surface area contributed by atoms with Crippen LogP contribution >= 0.6 is 0 Å². The molecule has 0 rings (SSSR count). The summed E-state index contributed by atoms with van der Waals surface area (Å²) in [4.78, 5) is 0. The Morgan fingerprint density at radius 2 is 0.641 bits per heavy atom. The van der Waals surface area contributed by atoms with Crippen LogP contribution in [0.5, 0.6) is 0 Å². The molecular weight excluding hydrogens is 565 g/mol. The van der Waals surface area contributed by atoms with Gasteiger partial charge in [0.25, 0.3) is 0 Å². The molecule has 0 unspecified atom stereocenters. The van der Waals surface area contributed by atoms with E-state index in [1.807, 2.05) is 7.11 Å². The highest BCUT2D eigenvalue weighted by Crippen LogP contribution is 2.39. The molecule has 0 aliphatic rings. The highest BCUT2D eigenvalue weighted by molar-refractivity contribution is 6.92. The van der Waals surface area contributed by atoms with Gasteiger partial charge in [-0.25, -0.2) is 0 Å². The van der Waals surface area contributed by atoms with Crippen LogP contribution in [0.25, 0.3) is 0 Å². The standard InChI is InChI=1S/C30H72O4Si5/c1-13-36(14-2,15-3)32-39(33-37(16-4,17-5)18-6,34-38(19-7,20-8)21-9)30-28-26-24-22-23-25-27-29-35(11,12)31-10/h13-30H2,1-12H3. The molecule has 0 bridgehead atoms. The Hall–Kier alpha value is 0.924. The van der Waals surface area contributed by atoms with Crippen molar-refractivity contribution in [2.24, 2.45) is 0 Å². The van der Waals surface area contributed by atoms with Crippen LogP contribution in [-0.4, -0.2) is 49.2 Å². The number of rotatable bonds is 26. The zero-order valence-corrected chi connectivity index (χ0v) is 33.9. The van der Waals surface area contributed by atoms with E-state index in [9.17, 15) is 0 Å². The molecule has 0 atom stereocenters. The van der Waals surface area contributed by atoms with Gasteiger partial charge in [-0.3, -0.25) is 0 Å². The van der Waals surface area contributed by atoms with Gasteiger partial charge in [0.1, 0.15) is 0 Å². The molecule has 0 aliphatic heterocycles. The summed E-state index contributed by atoms with van der Waals surface area (Å²) < 4.78 is 28.5. The lowest BCUT2D eigenvalue weighted by atomic mass is 10.1. The van der Waals surface area contributed by atoms with Gasteiger partial charge in [0.05, 0.1) is 0 Å². The molecule has 0 aromatic rings. The first kappa shape index (κ1) is 39.9. The van der Waals surface area contributed by atoms with E-state index < -0.39 is 42.1 Å². The molecule has 0 N–H and O–H groups in total. The maximum atomic E-state index is 7.59. The predicted molar refractivity (Wildman–Crippen MR) is 187 cm³/mol. The zero-order chi connectivity index (χ0) is 30.1. The molecule has 0 heterocycles. The Morgan fingerprint density at radius 1 is 0.385 bits per heavy atom. The van der Waals surface area contributed by atoms with E-state index in [1.54, 1.807) is 0 Å². The Labute approximate surface area is 252 Å². The molecule has 4 nitrogen and oxygen atoms in total. The molecular formula is C30H72O4Si5. The second-order valence-corrected chi connectivity index (χ2v) is 34.9. The van der Waals surface area contributed by atoms with Crippen molar-refractivity contribution in [1.82, 2.24) is 0 Å². The molecule has 0 spiro atoms. The summed E-state index contributed by atoms with van der Waals surface area (Å²) in [6.07, 6.45) is 9.17. The minimum Gasteiger partial charge on any atom is -0.420 e. The molecule has 39 heavy (non-hydrogen) atoms. The van der Waals surface area contributed by atoms with Crippen LogP contribution in [-0.2, 0) is 16.8 Å². The van der Waals surface area contributed by atoms with Crippen LogP contribution in [0.4, 0.5) is 0 Å². The van der Waals surface area contributed by atoms with Crippen LogP contribution in [0, 0.1) is 0 Å². The van der Waals surface area contributed by atoms with E-state index >= 15 is 0 Å². The molecule has 0 amide bonds. The monoisotopic (exact) mass is 636 g/mol. The van der Waals surface area contributed by atoms with Crippen molar-refractivity contribution in [3.05, 3.63) is 0 Å². The quantitative estimate of drug-likeness (QED) is 0.0699. The molecule has 0 saturated heterocycles. The largest absolute Gasteiger partial charge is 0.469 e. The lowest BCUT2D eigenvalue weighted by molar-refractivity contribution is 0.237. The molecule has 0 fully saturated rings. The maximum Gasteiger partial charge on any atom is 0.469 e. The van der Waals surface area contributed by atoms with Gasteiger partial charge < -0.3 is 16.8 Å². The lowest BCUT2D eigenvalue weighted by Gasteiger charge is -2.48. The zero-order valence-electron chi connectivity index (χ0n) is 28.9. The highest BCUT2D eigenvalue weighted by atomic mass is 28.5. The van der Waals surface area contributed by atoms with Crippen molar-refractivity contribution in [3.8, 4) is 0 Å². The predicted octanol–water partition coefficient (Wildman–Crippen LogP) is 11.6. The molecule has 0 saturated carbocycles. The van der Waals surface area contributed by atoms with Crippen molar-refractivity contribution >= 4 is 42.1 Å². The first-order chi connectivity index (χ1) is 18.4. The summed E-state index contributed by atoms with van der Waals surface area (Å²) in [5, 5.41) is 0. The second kappa shape index (κ2) is 20.0. The van der Waals surface area contributed by atoms with Gasteiger partial charge in [0.15, 0.2) is 33.3 Å². The fraction of sp³-hybridized carbons (Fsp3) is 1.00. The van der Waals surface area contributed by atoms with E-state index in [2.05, 4.69) is 75.4 Å². The van der Waals surface area contributed by atoms with E-state index in [-0.39, 0.29) is 0 Å². The Bertz CT molecular complexity index is 528. The maximum absolute atomic E-state index is 7.59. The van der Waals surface area contributed by atoms with E-state index in [0.717, 1.165) is 6.04 Å². The topological polar surface area (TPSA) is 36.9 Å². The van der Waals surface area contributed by atoms with Crippen LogP contribution < -0.4 is 0 Å². The van der Waals surface area contributed by atoms with Crippen molar-refractivity contribution < 1.29 is 16.8 Å². The molecule has 236 valence electrons. The molecule has 0 aromatic heterocycles. The molecule has 9 heteroatoms. The summed E-state index contributed by atoms with van der Waals surface area (Å²) >= 11 is 0. The van der Waals surface area contributed by atoms with Crippen molar-refractivity contribution in [1.29, 1.82) is 0 Å². The third-order valence-corrected chi connectivity index (χ3v) is 34.4. The van der Waals surface area contributed by atoms with Gasteiger partial charge >= 0.3 is 8.80 Å². The van der Waals surface area contributed by atoms with Crippen molar-refractivity contribution in [2.45, 2.75) is 187 Å². The van der Waals surface area contributed by atoms with Gasteiger partial charge in [-0.2, -0.15) is 0 Å². The molecule has 0 radical (unpaired) electrons. The van der Waals surface area contributed by atoms with E-state index in [0.29, 0.717) is 0 Å². The van der Waals surface area contributed by atoms with Gasteiger partial charge in [-0.15, -0.1) is 0 Å². The van der Waals surface area contributed by atoms with Gasteiger partial charge in [-0.05, 0) is 80.0 Å². The Balaban J connectivity index is 5.82. The first-order valence-corrected chi connectivity index (χ1v) is 29.7. The summed E-state index contributed by atoms with van der Waals surface area (Å²) in [7, 11) is -7.99. The van der Waals surface area contributed by atoms with Crippen LogP contribution in [0.3, 0.4) is 0 Å². The summed E-state index contributed by atoms with van der Waals surface area (Å²) in [6, 6.07) is 12.8. The van der Waals surface area contributed by atoms with Gasteiger partial charge in [0.2, 0.25) is 0 Å². The molecule has 0 aromatic carbocycles. The third-order valence-electron chi connectivity index (χ3n) is 10.2. The Kier molecular flexibility index (Phi) is 20.5. The average Bonchev–Trinajstić information content (AvgIpc) is 2.97. The minimum atomic E-state index is -2.82. The SMILES string of the molecule is CC[Si](CC)(CC)O[Si](CCCCCCCCC[Si](C)(C)OC)(O[Si](CC)(CC)CC)O[Si](CC)(CC)CC. The van der Waals surface area contributed by atoms with Gasteiger partial charge in [-0.1, -0.05) is 101 Å². The summed E-state index contributed by atoms with van der Waals surface area (Å²) in [5.74, 6) is 0. The van der Waals surface area contributed by atoms with Crippen LogP contribution in [0.1, 0.15) is 107 Å². The van der Waals surface area contributed by atoms with Crippen molar-refractivity contribution in [2.75, 3.05) is 7.11 Å². The van der Waals surface area contributed by atoms with E-state index in [4.69, 9.17) is 16.8 Å². The van der Waals surface area contributed by atoms with Crippen LogP contribution in [0.2, 0.25) is 79.6 Å². The summed E-state index contributed by atoms with van der Waals surface area (Å²) in [6.45, 7) is 25.9. The number of unbranched alkanes of at least 4 members (excludes halogenated alkanes) is 6. The molecule has 0 aliphatic carbocycles. The summed E-state index contributed by atoms with van der Waals surface area (Å²) in [5.41, 5.74) is 0. The smallest absolute Gasteiger partial charge is 0.420 e. The lowest BCUT2D eigenvalue weighted by Crippen LogP contribution is -2.64. The normalized spacial score (nSPS) is 13.8. The van der Waals surface area contributed by atoms with E-state index in [1.165, 1.54) is 105 Å².